The molecule has 3 aromatic rings. The zero-order valence-corrected chi connectivity index (χ0v) is 29.4. The Labute approximate surface area is 282 Å². The molecule has 1 unspecified atom stereocenters. The van der Waals surface area contributed by atoms with Crippen molar-refractivity contribution < 1.29 is 33.4 Å². The van der Waals surface area contributed by atoms with Gasteiger partial charge in [0.15, 0.2) is 0 Å². The van der Waals surface area contributed by atoms with Crippen molar-refractivity contribution in [3.8, 4) is 11.1 Å². The van der Waals surface area contributed by atoms with Crippen LogP contribution in [0.2, 0.25) is 25.7 Å². The number of carbonyl (C=O) groups excluding carboxylic acids is 5. The van der Waals surface area contributed by atoms with Gasteiger partial charge in [0.2, 0.25) is 5.91 Å². The van der Waals surface area contributed by atoms with Crippen LogP contribution in [0.1, 0.15) is 70.3 Å². The van der Waals surface area contributed by atoms with Gasteiger partial charge in [-0.15, -0.1) is 0 Å². The molecule has 5 rings (SSSR count). The second kappa shape index (κ2) is 13.9. The first kappa shape index (κ1) is 34.7. The summed E-state index contributed by atoms with van der Waals surface area (Å²) < 4.78 is 11.1. The molecule has 2 aliphatic rings. The fraction of sp³-hybridized carbons (Fsp3) is 0.378. The van der Waals surface area contributed by atoms with Crippen LogP contribution < -0.4 is 5.32 Å². The number of fused-ring (bicyclic) bond motifs is 1. The van der Waals surface area contributed by atoms with Gasteiger partial charge in [-0.2, -0.15) is 0 Å². The Kier molecular flexibility index (Phi) is 10.0. The molecule has 0 radical (unpaired) electrons. The molecule has 0 aromatic heterocycles. The topological polar surface area (TPSA) is 122 Å². The third-order valence-electron chi connectivity index (χ3n) is 8.23. The molecule has 1 atom stereocenters. The van der Waals surface area contributed by atoms with Gasteiger partial charge < -0.3 is 14.8 Å². The van der Waals surface area contributed by atoms with E-state index in [1.165, 1.54) is 0 Å². The van der Waals surface area contributed by atoms with E-state index in [2.05, 4.69) is 25.0 Å². The Hall–Kier alpha value is -4.61. The van der Waals surface area contributed by atoms with Crippen molar-refractivity contribution in [2.45, 2.75) is 77.5 Å². The van der Waals surface area contributed by atoms with Crippen LogP contribution in [0.4, 0.5) is 5.69 Å². The molecule has 3 aromatic carbocycles. The van der Waals surface area contributed by atoms with E-state index < -0.39 is 37.4 Å². The van der Waals surface area contributed by atoms with Gasteiger partial charge in [-0.1, -0.05) is 56.0 Å². The molecule has 252 valence electrons. The van der Waals surface area contributed by atoms with E-state index in [1.807, 2.05) is 57.2 Å². The molecule has 0 spiro atoms. The lowest BCUT2D eigenvalue weighted by Crippen LogP contribution is -2.56. The number of rotatable bonds is 11. The number of imide groups is 2. The maximum Gasteiger partial charge on any atom is 0.338 e. The molecule has 4 amide bonds. The highest BCUT2D eigenvalue weighted by atomic mass is 28.3. The zero-order chi connectivity index (χ0) is 34.8. The van der Waals surface area contributed by atoms with Gasteiger partial charge in [0.1, 0.15) is 18.4 Å². The van der Waals surface area contributed by atoms with Crippen molar-refractivity contribution in [1.29, 1.82) is 0 Å². The Balaban J connectivity index is 1.19. The number of esters is 1. The Bertz CT molecular complexity index is 1720. The Morgan fingerprint density at radius 1 is 0.875 bits per heavy atom. The lowest BCUT2D eigenvalue weighted by Gasteiger charge is -2.34. The average Bonchev–Trinajstić information content (AvgIpc) is 3.27. The first-order chi connectivity index (χ1) is 22.6. The molecule has 2 heterocycles. The van der Waals surface area contributed by atoms with Gasteiger partial charge in [0, 0.05) is 33.3 Å². The lowest BCUT2D eigenvalue weighted by molar-refractivity contribution is -0.158. The number of hydrogen-bond acceptors (Lipinski definition) is 8. The van der Waals surface area contributed by atoms with Gasteiger partial charge in [-0.25, -0.2) is 4.79 Å². The fourth-order valence-electron chi connectivity index (χ4n) is 5.54. The van der Waals surface area contributed by atoms with Crippen molar-refractivity contribution in [2.75, 3.05) is 18.7 Å². The summed E-state index contributed by atoms with van der Waals surface area (Å²) in [6, 6.07) is 20.0. The van der Waals surface area contributed by atoms with E-state index >= 15 is 0 Å². The van der Waals surface area contributed by atoms with E-state index in [0.29, 0.717) is 24.4 Å². The van der Waals surface area contributed by atoms with E-state index in [9.17, 15) is 24.0 Å². The highest BCUT2D eigenvalue weighted by Crippen LogP contribution is 2.31. The summed E-state index contributed by atoms with van der Waals surface area (Å²) in [7, 11) is -1.35. The van der Waals surface area contributed by atoms with Crippen LogP contribution in [0.3, 0.4) is 0 Å². The van der Waals surface area contributed by atoms with Crippen molar-refractivity contribution in [1.82, 2.24) is 9.80 Å². The van der Waals surface area contributed by atoms with Crippen molar-refractivity contribution >= 4 is 43.4 Å². The minimum absolute atomic E-state index is 0.0458. The normalized spacial score (nSPS) is 16.8. The smallest absolute Gasteiger partial charge is 0.338 e. The molecule has 1 fully saturated rings. The summed E-state index contributed by atoms with van der Waals surface area (Å²) in [6.45, 7) is 12.9. The number of ether oxygens (including phenoxy) is 2. The largest absolute Gasteiger partial charge is 0.456 e. The number of amides is 4. The molecule has 1 N–H and O–H groups in total. The van der Waals surface area contributed by atoms with Crippen LogP contribution in [0, 0.1) is 0 Å². The van der Waals surface area contributed by atoms with Crippen LogP contribution in [0.5, 0.6) is 0 Å². The van der Waals surface area contributed by atoms with Crippen LogP contribution in [-0.2, 0) is 25.6 Å². The summed E-state index contributed by atoms with van der Waals surface area (Å²) >= 11 is 0. The number of nitrogens with one attached hydrogen (secondary N) is 1. The molecule has 0 saturated carbocycles. The summed E-state index contributed by atoms with van der Waals surface area (Å²) in [5, 5.41) is 3.31. The number of likely N-dealkylation sites (tertiary alicyclic amines) is 1. The molecular weight excluding hydrogens is 627 g/mol. The Morgan fingerprint density at radius 2 is 1.50 bits per heavy atom. The van der Waals surface area contributed by atoms with Gasteiger partial charge in [-0.3, -0.25) is 29.0 Å². The monoisotopic (exact) mass is 669 g/mol. The van der Waals surface area contributed by atoms with Gasteiger partial charge in [0.05, 0.1) is 16.7 Å². The number of hydrogen-bond donors (Lipinski definition) is 1. The molecule has 2 aliphatic heterocycles. The minimum Gasteiger partial charge on any atom is -0.456 e. The van der Waals surface area contributed by atoms with Crippen LogP contribution >= 0.6 is 0 Å². The van der Waals surface area contributed by atoms with E-state index in [1.54, 1.807) is 30.3 Å². The zero-order valence-electron chi connectivity index (χ0n) is 28.4. The van der Waals surface area contributed by atoms with Crippen LogP contribution in [0.25, 0.3) is 11.1 Å². The summed E-state index contributed by atoms with van der Waals surface area (Å²) in [5.41, 5.74) is 3.99. The highest BCUT2D eigenvalue weighted by molar-refractivity contribution is 6.76. The third-order valence-corrected chi connectivity index (χ3v) is 9.94. The molecule has 0 aliphatic carbocycles. The Morgan fingerprint density at radius 3 is 2.12 bits per heavy atom. The van der Waals surface area contributed by atoms with Crippen LogP contribution in [-0.4, -0.2) is 72.5 Å². The van der Waals surface area contributed by atoms with E-state index in [-0.39, 0.29) is 42.6 Å². The summed E-state index contributed by atoms with van der Waals surface area (Å²) in [4.78, 5) is 67.1. The second-order valence-electron chi connectivity index (χ2n) is 14.4. The summed E-state index contributed by atoms with van der Waals surface area (Å²) in [5.74, 6) is -2.40. The standard InChI is InChI=1S/C37H43N3O7Si/c1-37(2,3)47-36(45)27-13-11-26(12-14-27)25-9-7-24(8-10-25)22-38-28-15-16-29-30(21-28)34(43)40(33(29)42)31-17-18-32(41)39(35(31)44)23-46-19-20-48(4,5)6/h7-16,21,31,38H,17-20,22-23H2,1-6H3. The number of anilines is 1. The highest BCUT2D eigenvalue weighted by Gasteiger charge is 2.47. The summed E-state index contributed by atoms with van der Waals surface area (Å²) in [6.07, 6.45) is 0.133. The number of benzene rings is 3. The molecule has 48 heavy (non-hydrogen) atoms. The quantitative estimate of drug-likeness (QED) is 0.109. The molecule has 10 nitrogen and oxygen atoms in total. The number of nitrogens with zero attached hydrogens (tertiary/aromatic N) is 2. The first-order valence-corrected chi connectivity index (χ1v) is 19.9. The number of piperidine rings is 1. The lowest BCUT2D eigenvalue weighted by atomic mass is 10.0. The molecule has 11 heteroatoms. The van der Waals surface area contributed by atoms with Crippen molar-refractivity contribution in [3.05, 3.63) is 89.0 Å². The van der Waals surface area contributed by atoms with Gasteiger partial charge >= 0.3 is 5.97 Å². The molecular formula is C37H43N3O7Si. The second-order valence-corrected chi connectivity index (χ2v) is 20.1. The maximum absolute atomic E-state index is 13.5. The third kappa shape index (κ3) is 8.08. The van der Waals surface area contributed by atoms with E-state index in [4.69, 9.17) is 9.47 Å². The van der Waals surface area contributed by atoms with Crippen molar-refractivity contribution in [2.24, 2.45) is 0 Å². The first-order valence-electron chi connectivity index (χ1n) is 16.2. The molecule has 1 saturated heterocycles. The van der Waals surface area contributed by atoms with Crippen molar-refractivity contribution in [3.63, 3.8) is 0 Å². The van der Waals surface area contributed by atoms with E-state index in [0.717, 1.165) is 32.5 Å². The molecule has 0 bridgehead atoms. The minimum atomic E-state index is -1.35. The van der Waals surface area contributed by atoms with Gasteiger partial charge in [0.25, 0.3) is 17.7 Å². The average molecular weight is 670 g/mol. The van der Waals surface area contributed by atoms with Crippen LogP contribution in [0.15, 0.2) is 66.7 Å². The fourth-order valence-corrected chi connectivity index (χ4v) is 6.29. The van der Waals surface area contributed by atoms with Gasteiger partial charge in [-0.05, 0) is 80.3 Å². The predicted molar refractivity (Wildman–Crippen MR) is 185 cm³/mol. The predicted octanol–water partition coefficient (Wildman–Crippen LogP) is 6.35. The maximum atomic E-state index is 13.5. The number of carbonyl (C=O) groups is 5. The SMILES string of the molecule is CC(C)(C)OC(=O)c1ccc(-c2ccc(CNc3ccc4c(c3)C(=O)N(C3CCC(=O)N(COCC[Si](C)(C)C)C3=O)C4=O)cc2)cc1.